The van der Waals surface area contributed by atoms with E-state index in [0.717, 1.165) is 41.9 Å². The molecule has 1 atom stereocenters. The highest BCUT2D eigenvalue weighted by Crippen LogP contribution is 2.28. The Balaban J connectivity index is 1.43. The Bertz CT molecular complexity index is 791. The molecule has 5 nitrogen and oxygen atoms in total. The molecule has 0 radical (unpaired) electrons. The van der Waals surface area contributed by atoms with Gasteiger partial charge in [0.1, 0.15) is 16.7 Å². The van der Waals surface area contributed by atoms with Gasteiger partial charge in [0.15, 0.2) is 0 Å². The van der Waals surface area contributed by atoms with E-state index in [1.54, 1.807) is 11.8 Å². The standard InChI is InChI=1S/C19H21N5S/c1-2-5-15(6-3-1)14-25-18-12-20-11-17(23-18)24-10-4-7-16(13-24)19-21-8-9-22-19/h1-3,5-6,8-9,11-12,16H,4,7,10,13-14H2,(H,21,22). The largest absolute Gasteiger partial charge is 0.355 e. The summed E-state index contributed by atoms with van der Waals surface area (Å²) in [7, 11) is 0. The minimum atomic E-state index is 0.436. The molecule has 1 unspecified atom stereocenters. The fraction of sp³-hybridized carbons (Fsp3) is 0.316. The molecule has 1 aromatic carbocycles. The number of benzene rings is 1. The maximum absolute atomic E-state index is 4.82. The van der Waals surface area contributed by atoms with Crippen LogP contribution in [0.5, 0.6) is 0 Å². The van der Waals surface area contributed by atoms with Gasteiger partial charge in [-0.2, -0.15) is 0 Å². The Morgan fingerprint density at radius 3 is 2.96 bits per heavy atom. The molecule has 4 rings (SSSR count). The van der Waals surface area contributed by atoms with Crippen molar-refractivity contribution in [1.29, 1.82) is 0 Å². The van der Waals surface area contributed by atoms with E-state index in [-0.39, 0.29) is 0 Å². The molecule has 1 aliphatic heterocycles. The Morgan fingerprint density at radius 1 is 1.20 bits per heavy atom. The Kier molecular flexibility index (Phi) is 4.97. The van der Waals surface area contributed by atoms with Gasteiger partial charge in [0.05, 0.1) is 12.4 Å². The van der Waals surface area contributed by atoms with Gasteiger partial charge in [-0.15, -0.1) is 11.8 Å². The lowest BCUT2D eigenvalue weighted by molar-refractivity contribution is 0.490. The maximum Gasteiger partial charge on any atom is 0.148 e. The molecule has 1 saturated heterocycles. The molecule has 0 saturated carbocycles. The quantitative estimate of drug-likeness (QED) is 0.707. The molecule has 1 N–H and O–H groups in total. The predicted molar refractivity (Wildman–Crippen MR) is 101 cm³/mol. The van der Waals surface area contributed by atoms with E-state index in [9.17, 15) is 0 Å². The molecular formula is C19H21N5S. The minimum Gasteiger partial charge on any atom is -0.355 e. The second kappa shape index (κ2) is 7.70. The minimum absolute atomic E-state index is 0.436. The molecular weight excluding hydrogens is 330 g/mol. The zero-order valence-corrected chi connectivity index (χ0v) is 14.8. The number of rotatable bonds is 5. The average molecular weight is 351 g/mol. The zero-order valence-electron chi connectivity index (χ0n) is 14.0. The first-order valence-corrected chi connectivity index (χ1v) is 9.60. The van der Waals surface area contributed by atoms with Crippen molar-refractivity contribution in [1.82, 2.24) is 19.9 Å². The molecule has 128 valence electrons. The van der Waals surface area contributed by atoms with Crippen LogP contribution >= 0.6 is 11.8 Å². The highest BCUT2D eigenvalue weighted by atomic mass is 32.2. The summed E-state index contributed by atoms with van der Waals surface area (Å²) in [5.41, 5.74) is 1.30. The number of hydrogen-bond acceptors (Lipinski definition) is 5. The molecule has 0 aliphatic carbocycles. The number of imidazole rings is 1. The average Bonchev–Trinajstić information content (AvgIpc) is 3.22. The number of nitrogens with zero attached hydrogens (tertiary/aromatic N) is 4. The fourth-order valence-electron chi connectivity index (χ4n) is 3.20. The van der Waals surface area contributed by atoms with Crippen molar-refractivity contribution >= 4 is 17.6 Å². The third-order valence-corrected chi connectivity index (χ3v) is 5.45. The SMILES string of the molecule is c1ccc(CSc2cncc(N3CCCC(c4ncc[nH]4)C3)n2)cc1. The highest BCUT2D eigenvalue weighted by Gasteiger charge is 2.24. The molecule has 3 aromatic rings. The number of nitrogens with one attached hydrogen (secondary N) is 1. The number of aromatic amines is 1. The van der Waals surface area contributed by atoms with Crippen LogP contribution in [-0.4, -0.2) is 33.0 Å². The third-order valence-electron chi connectivity index (χ3n) is 4.48. The summed E-state index contributed by atoms with van der Waals surface area (Å²) in [5.74, 6) is 3.39. The number of aromatic nitrogens is 4. The van der Waals surface area contributed by atoms with Crippen LogP contribution in [0.25, 0.3) is 0 Å². The first-order valence-electron chi connectivity index (χ1n) is 8.61. The lowest BCUT2D eigenvalue weighted by Gasteiger charge is -2.32. The molecule has 1 fully saturated rings. The number of thioether (sulfide) groups is 1. The normalized spacial score (nSPS) is 17.6. The Hall–Kier alpha value is -2.34. The zero-order chi connectivity index (χ0) is 16.9. The maximum atomic E-state index is 4.82. The summed E-state index contributed by atoms with van der Waals surface area (Å²) in [4.78, 5) is 19.2. The van der Waals surface area contributed by atoms with Crippen LogP contribution in [-0.2, 0) is 5.75 Å². The monoisotopic (exact) mass is 351 g/mol. The lowest BCUT2D eigenvalue weighted by atomic mass is 9.97. The van der Waals surface area contributed by atoms with Crippen molar-refractivity contribution in [2.24, 2.45) is 0 Å². The van der Waals surface area contributed by atoms with Gasteiger partial charge in [-0.25, -0.2) is 9.97 Å². The summed E-state index contributed by atoms with van der Waals surface area (Å²) in [6.45, 7) is 1.97. The smallest absolute Gasteiger partial charge is 0.148 e. The second-order valence-corrected chi connectivity index (χ2v) is 7.24. The van der Waals surface area contributed by atoms with Gasteiger partial charge in [-0.1, -0.05) is 30.3 Å². The van der Waals surface area contributed by atoms with Crippen molar-refractivity contribution in [3.63, 3.8) is 0 Å². The molecule has 1 aliphatic rings. The molecule has 25 heavy (non-hydrogen) atoms. The van der Waals surface area contributed by atoms with Crippen molar-refractivity contribution in [3.8, 4) is 0 Å². The highest BCUT2D eigenvalue weighted by molar-refractivity contribution is 7.98. The molecule has 0 spiro atoms. The number of hydrogen-bond donors (Lipinski definition) is 1. The molecule has 3 heterocycles. The van der Waals surface area contributed by atoms with Crippen LogP contribution in [0.2, 0.25) is 0 Å². The van der Waals surface area contributed by atoms with Crippen molar-refractivity contribution in [2.45, 2.75) is 29.5 Å². The molecule has 6 heteroatoms. The summed E-state index contributed by atoms with van der Waals surface area (Å²) in [6.07, 6.45) is 9.76. The van der Waals surface area contributed by atoms with Gasteiger partial charge in [0, 0.05) is 37.2 Å². The summed E-state index contributed by atoms with van der Waals surface area (Å²) < 4.78 is 0. The fourth-order valence-corrected chi connectivity index (χ4v) is 4.00. The second-order valence-electron chi connectivity index (χ2n) is 6.25. The summed E-state index contributed by atoms with van der Waals surface area (Å²) in [6, 6.07) is 10.5. The van der Waals surface area contributed by atoms with Gasteiger partial charge in [0.2, 0.25) is 0 Å². The van der Waals surface area contributed by atoms with Crippen LogP contribution in [0.3, 0.4) is 0 Å². The lowest BCUT2D eigenvalue weighted by Crippen LogP contribution is -2.35. The van der Waals surface area contributed by atoms with E-state index in [0.29, 0.717) is 5.92 Å². The van der Waals surface area contributed by atoms with Crippen LogP contribution in [0, 0.1) is 0 Å². The van der Waals surface area contributed by atoms with Crippen molar-refractivity contribution < 1.29 is 0 Å². The summed E-state index contributed by atoms with van der Waals surface area (Å²) >= 11 is 1.73. The molecule has 0 amide bonds. The number of anilines is 1. The van der Waals surface area contributed by atoms with Gasteiger partial charge in [-0.05, 0) is 18.4 Å². The Morgan fingerprint density at radius 2 is 2.12 bits per heavy atom. The van der Waals surface area contributed by atoms with Crippen molar-refractivity contribution in [3.05, 3.63) is 66.5 Å². The first-order chi connectivity index (χ1) is 12.4. The van der Waals surface area contributed by atoms with E-state index in [1.165, 1.54) is 12.0 Å². The summed E-state index contributed by atoms with van der Waals surface area (Å²) in [5, 5.41) is 0.974. The predicted octanol–water partition coefficient (Wildman–Crippen LogP) is 3.88. The van der Waals surface area contributed by atoms with Crippen LogP contribution in [0.15, 0.2) is 60.1 Å². The molecule has 2 aromatic heterocycles. The van der Waals surface area contributed by atoms with E-state index >= 15 is 0 Å². The van der Waals surface area contributed by atoms with Gasteiger partial charge in [0.25, 0.3) is 0 Å². The van der Waals surface area contributed by atoms with E-state index in [2.05, 4.69) is 44.1 Å². The third kappa shape index (κ3) is 4.02. The first kappa shape index (κ1) is 16.1. The number of H-pyrrole nitrogens is 1. The molecule has 0 bridgehead atoms. The van der Waals surface area contributed by atoms with Gasteiger partial charge in [-0.3, -0.25) is 4.98 Å². The van der Waals surface area contributed by atoms with Crippen molar-refractivity contribution in [2.75, 3.05) is 18.0 Å². The Labute approximate surface area is 151 Å². The van der Waals surface area contributed by atoms with Crippen LogP contribution in [0.1, 0.15) is 30.1 Å². The number of piperidine rings is 1. The van der Waals surface area contributed by atoms with Gasteiger partial charge >= 0.3 is 0 Å². The van der Waals surface area contributed by atoms with Crippen LogP contribution < -0.4 is 4.90 Å². The van der Waals surface area contributed by atoms with E-state index in [1.807, 2.05) is 30.9 Å². The topological polar surface area (TPSA) is 57.7 Å². The van der Waals surface area contributed by atoms with E-state index < -0.39 is 0 Å². The van der Waals surface area contributed by atoms with E-state index in [4.69, 9.17) is 4.98 Å². The van der Waals surface area contributed by atoms with Crippen LogP contribution in [0.4, 0.5) is 5.82 Å². The van der Waals surface area contributed by atoms with Gasteiger partial charge < -0.3 is 9.88 Å².